The molecule has 32 heavy (non-hydrogen) atoms. The molecule has 0 amide bonds. The smallest absolute Gasteiger partial charge is 0.293 e. The lowest BCUT2D eigenvalue weighted by Gasteiger charge is -2.36. The van der Waals surface area contributed by atoms with Crippen LogP contribution in [0.5, 0.6) is 0 Å². The Bertz CT molecular complexity index is 1080. The molecule has 0 atom stereocenters. The van der Waals surface area contributed by atoms with Crippen LogP contribution in [0.25, 0.3) is 0 Å². The monoisotopic (exact) mass is 479 g/mol. The van der Waals surface area contributed by atoms with Gasteiger partial charge in [-0.05, 0) is 37.1 Å². The van der Waals surface area contributed by atoms with Crippen LogP contribution in [0.3, 0.4) is 0 Å². The van der Waals surface area contributed by atoms with E-state index in [0.717, 1.165) is 25.7 Å². The van der Waals surface area contributed by atoms with Gasteiger partial charge in [0, 0.05) is 51.5 Å². The first-order chi connectivity index (χ1) is 15.4. The first kappa shape index (κ1) is 22.8. The van der Waals surface area contributed by atoms with Crippen LogP contribution < -0.4 is 9.80 Å². The van der Waals surface area contributed by atoms with Gasteiger partial charge in [-0.15, -0.1) is 0 Å². The van der Waals surface area contributed by atoms with E-state index in [2.05, 4.69) is 4.98 Å². The Hall–Kier alpha value is -2.43. The van der Waals surface area contributed by atoms with Crippen molar-refractivity contribution >= 4 is 38.8 Å². The largest absolute Gasteiger partial charge is 0.362 e. The summed E-state index contributed by atoms with van der Waals surface area (Å²) in [5.41, 5.74) is 0.238. The summed E-state index contributed by atoms with van der Waals surface area (Å²) < 4.78 is 27.6. The maximum absolute atomic E-state index is 13.1. The van der Waals surface area contributed by atoms with E-state index in [-0.39, 0.29) is 10.6 Å². The maximum Gasteiger partial charge on any atom is 0.293 e. The zero-order valence-corrected chi connectivity index (χ0v) is 19.3. The molecule has 1 aromatic carbocycles. The second kappa shape index (κ2) is 9.60. The number of rotatable bonds is 5. The zero-order chi connectivity index (χ0) is 22.7. The lowest BCUT2D eigenvalue weighted by molar-refractivity contribution is -0.384. The molecule has 0 bridgehead atoms. The maximum atomic E-state index is 13.1. The Morgan fingerprint density at radius 3 is 2.22 bits per heavy atom. The summed E-state index contributed by atoms with van der Waals surface area (Å²) in [5, 5.41) is 12.4. The van der Waals surface area contributed by atoms with E-state index in [9.17, 15) is 18.5 Å². The molecule has 0 N–H and O–H groups in total. The highest BCUT2D eigenvalue weighted by molar-refractivity contribution is 7.89. The highest BCUT2D eigenvalue weighted by atomic mass is 35.5. The number of hydrogen-bond acceptors (Lipinski definition) is 7. The molecule has 11 heteroatoms. The third-order valence-corrected chi connectivity index (χ3v) is 8.19. The van der Waals surface area contributed by atoms with Gasteiger partial charge in [-0.25, -0.2) is 13.4 Å². The summed E-state index contributed by atoms with van der Waals surface area (Å²) >= 11 is 6.24. The second-order valence-corrected chi connectivity index (χ2v) is 10.4. The van der Waals surface area contributed by atoms with Crippen molar-refractivity contribution in [2.45, 2.75) is 30.6 Å². The van der Waals surface area contributed by atoms with Crippen LogP contribution in [0, 0.1) is 10.1 Å². The minimum absolute atomic E-state index is 0.0197. The van der Waals surface area contributed by atoms with Crippen LogP contribution in [0.1, 0.15) is 25.7 Å². The normalized spacial score (nSPS) is 18.4. The molecule has 0 spiro atoms. The number of nitro benzene ring substituents is 1. The molecule has 4 rings (SSSR count). The molecule has 2 aromatic rings. The summed E-state index contributed by atoms with van der Waals surface area (Å²) in [7, 11) is -3.76. The fourth-order valence-electron chi connectivity index (χ4n) is 4.28. The van der Waals surface area contributed by atoms with Crippen molar-refractivity contribution in [3.05, 3.63) is 51.7 Å². The Morgan fingerprint density at radius 2 is 1.59 bits per heavy atom. The molecular formula is C21H26ClN5O4S. The van der Waals surface area contributed by atoms with Crippen LogP contribution in [0.4, 0.5) is 17.2 Å². The van der Waals surface area contributed by atoms with Gasteiger partial charge < -0.3 is 9.80 Å². The predicted molar refractivity (Wildman–Crippen MR) is 124 cm³/mol. The summed E-state index contributed by atoms with van der Waals surface area (Å²) in [6, 6.07) is 7.81. The first-order valence-corrected chi connectivity index (χ1v) is 12.6. The molecule has 2 fully saturated rings. The van der Waals surface area contributed by atoms with Crippen LogP contribution in [-0.4, -0.2) is 61.9 Å². The molecule has 1 aromatic heterocycles. The summed E-state index contributed by atoms with van der Waals surface area (Å²) in [6.07, 6.45) is 5.30. The third kappa shape index (κ3) is 4.67. The summed E-state index contributed by atoms with van der Waals surface area (Å²) in [4.78, 5) is 19.6. The molecule has 2 saturated heterocycles. The Kier molecular flexibility index (Phi) is 6.82. The number of aromatic nitrogens is 1. The third-order valence-electron chi connectivity index (χ3n) is 6.01. The number of nitro groups is 1. The molecule has 0 unspecified atom stereocenters. The van der Waals surface area contributed by atoms with E-state index >= 15 is 0 Å². The fraction of sp³-hybridized carbons (Fsp3) is 0.476. The standard InChI is InChI=1S/C21H26ClN5O4S/c22-18-6-5-9-23-21(18)25-14-12-24(13-15-25)19-8-7-17(16-20(19)27(28)29)32(30,31)26-10-3-1-2-4-11-26/h5-9,16H,1-4,10-15H2. The van der Waals surface area contributed by atoms with Crippen molar-refractivity contribution < 1.29 is 13.3 Å². The molecular weight excluding hydrogens is 454 g/mol. The van der Waals surface area contributed by atoms with Gasteiger partial charge in [-0.2, -0.15) is 4.31 Å². The highest BCUT2D eigenvalue weighted by Gasteiger charge is 2.30. The average Bonchev–Trinajstić information content (AvgIpc) is 3.09. The molecule has 0 radical (unpaired) electrons. The van der Waals surface area contributed by atoms with Gasteiger partial charge >= 0.3 is 0 Å². The van der Waals surface area contributed by atoms with E-state index in [1.807, 2.05) is 9.80 Å². The van der Waals surface area contributed by atoms with Crippen LogP contribution in [0.2, 0.25) is 5.02 Å². The van der Waals surface area contributed by atoms with Crippen molar-refractivity contribution in [3.63, 3.8) is 0 Å². The van der Waals surface area contributed by atoms with E-state index in [4.69, 9.17) is 11.6 Å². The number of nitrogens with zero attached hydrogens (tertiary/aromatic N) is 5. The molecule has 0 aliphatic carbocycles. The second-order valence-electron chi connectivity index (χ2n) is 8.01. The van der Waals surface area contributed by atoms with Crippen molar-refractivity contribution in [2.75, 3.05) is 49.1 Å². The van der Waals surface area contributed by atoms with Crippen molar-refractivity contribution in [1.82, 2.24) is 9.29 Å². The number of benzene rings is 1. The SMILES string of the molecule is O=[N+]([O-])c1cc(S(=O)(=O)N2CCCCCC2)ccc1N1CCN(c2ncccc2Cl)CC1. The van der Waals surface area contributed by atoms with E-state index in [0.29, 0.717) is 55.8 Å². The van der Waals surface area contributed by atoms with Gasteiger partial charge in [-0.1, -0.05) is 24.4 Å². The quantitative estimate of drug-likeness (QED) is 0.477. The molecule has 3 heterocycles. The minimum Gasteiger partial charge on any atom is -0.362 e. The lowest BCUT2D eigenvalue weighted by Crippen LogP contribution is -2.47. The number of pyridine rings is 1. The topological polar surface area (TPSA) is 99.9 Å². The number of hydrogen-bond donors (Lipinski definition) is 0. The Labute approximate surface area is 192 Å². The number of halogens is 1. The highest BCUT2D eigenvalue weighted by Crippen LogP contribution is 2.34. The molecule has 2 aliphatic heterocycles. The van der Waals surface area contributed by atoms with E-state index < -0.39 is 14.9 Å². The van der Waals surface area contributed by atoms with Gasteiger partial charge in [0.05, 0.1) is 14.8 Å². The van der Waals surface area contributed by atoms with Gasteiger partial charge in [0.2, 0.25) is 10.0 Å². The van der Waals surface area contributed by atoms with Crippen LogP contribution in [-0.2, 0) is 10.0 Å². The lowest BCUT2D eigenvalue weighted by atomic mass is 10.2. The van der Waals surface area contributed by atoms with Gasteiger partial charge in [0.25, 0.3) is 5.69 Å². The summed E-state index contributed by atoms with van der Waals surface area (Å²) in [5.74, 6) is 0.696. The zero-order valence-electron chi connectivity index (χ0n) is 17.7. The molecule has 9 nitrogen and oxygen atoms in total. The Morgan fingerprint density at radius 1 is 0.938 bits per heavy atom. The average molecular weight is 480 g/mol. The van der Waals surface area contributed by atoms with Gasteiger partial charge in [0.1, 0.15) is 11.5 Å². The molecule has 0 saturated carbocycles. The fourth-order valence-corrected chi connectivity index (χ4v) is 6.06. The van der Waals surface area contributed by atoms with E-state index in [1.165, 1.54) is 16.4 Å². The van der Waals surface area contributed by atoms with Crippen molar-refractivity contribution in [1.29, 1.82) is 0 Å². The van der Waals surface area contributed by atoms with Crippen molar-refractivity contribution in [2.24, 2.45) is 0 Å². The molecule has 2 aliphatic rings. The van der Waals surface area contributed by atoms with Crippen LogP contribution >= 0.6 is 11.6 Å². The Balaban J connectivity index is 1.55. The van der Waals surface area contributed by atoms with E-state index in [1.54, 1.807) is 24.4 Å². The number of piperazine rings is 1. The van der Waals surface area contributed by atoms with Crippen molar-refractivity contribution in [3.8, 4) is 0 Å². The van der Waals surface area contributed by atoms with Gasteiger partial charge in [0.15, 0.2) is 0 Å². The molecule has 172 valence electrons. The van der Waals surface area contributed by atoms with Gasteiger partial charge in [-0.3, -0.25) is 10.1 Å². The van der Waals surface area contributed by atoms with Crippen LogP contribution in [0.15, 0.2) is 41.4 Å². The predicted octanol–water partition coefficient (Wildman–Crippen LogP) is 3.53. The number of sulfonamides is 1. The minimum atomic E-state index is -3.76. The summed E-state index contributed by atoms with van der Waals surface area (Å²) in [6.45, 7) is 3.17. The number of anilines is 2. The first-order valence-electron chi connectivity index (χ1n) is 10.8.